The van der Waals surface area contributed by atoms with Crippen LogP contribution in [0.25, 0.3) is 11.4 Å². The van der Waals surface area contributed by atoms with Gasteiger partial charge in [-0.25, -0.2) is 4.98 Å². The van der Waals surface area contributed by atoms with E-state index in [1.54, 1.807) is 7.11 Å². The van der Waals surface area contributed by atoms with Crippen molar-refractivity contribution in [1.29, 1.82) is 0 Å². The molecule has 0 amide bonds. The summed E-state index contributed by atoms with van der Waals surface area (Å²) in [7, 11) is 1.62. The number of methoxy groups -OCH3 is 1. The summed E-state index contributed by atoms with van der Waals surface area (Å²) in [5.74, 6) is 1.01. The summed E-state index contributed by atoms with van der Waals surface area (Å²) in [4.78, 5) is 22.1. The molecule has 6 nitrogen and oxygen atoms in total. The van der Waals surface area contributed by atoms with Gasteiger partial charge in [-0.05, 0) is 48.7 Å². The number of hydrogen-bond acceptors (Lipinski definition) is 5. The zero-order valence-corrected chi connectivity index (χ0v) is 22.4. The van der Waals surface area contributed by atoms with Crippen LogP contribution >= 0.6 is 0 Å². The molecule has 6 heteroatoms. The van der Waals surface area contributed by atoms with E-state index in [-0.39, 0.29) is 5.56 Å². The van der Waals surface area contributed by atoms with Crippen LogP contribution in [0.1, 0.15) is 45.0 Å². The topological polar surface area (TPSA) is 84.4 Å². The monoisotopic (exact) mass is 528 g/mol. The predicted octanol–water partition coefficient (Wildman–Crippen LogP) is 5.73. The Hall–Kier alpha value is -4.68. The summed E-state index contributed by atoms with van der Waals surface area (Å²) in [5, 5.41) is 13.3. The van der Waals surface area contributed by atoms with Gasteiger partial charge in [-0.1, -0.05) is 78.9 Å². The van der Waals surface area contributed by atoms with Crippen molar-refractivity contribution in [3.63, 3.8) is 0 Å². The first-order chi connectivity index (χ1) is 19.4. The van der Waals surface area contributed by atoms with Gasteiger partial charge in [0.05, 0.1) is 24.3 Å². The molecule has 2 heterocycles. The van der Waals surface area contributed by atoms with Crippen LogP contribution in [0.3, 0.4) is 0 Å². The molecule has 1 aliphatic heterocycles. The Morgan fingerprint density at radius 2 is 1.60 bits per heavy atom. The summed E-state index contributed by atoms with van der Waals surface area (Å²) in [6, 6.07) is 30.8. The second-order valence-corrected chi connectivity index (χ2v) is 10.6. The average Bonchev–Trinajstić information content (AvgIpc) is 3.36. The fourth-order valence-electron chi connectivity index (χ4n) is 6.75. The highest BCUT2D eigenvalue weighted by atomic mass is 16.5. The molecule has 198 valence electrons. The Morgan fingerprint density at radius 3 is 2.27 bits per heavy atom. The van der Waals surface area contributed by atoms with Gasteiger partial charge in [-0.3, -0.25) is 4.79 Å². The molecule has 0 spiro atoms. The van der Waals surface area contributed by atoms with Crippen LogP contribution in [0.5, 0.6) is 11.5 Å². The van der Waals surface area contributed by atoms with Crippen LogP contribution in [-0.4, -0.2) is 22.2 Å². The number of aromatic nitrogens is 2. The lowest BCUT2D eigenvalue weighted by molar-refractivity contribution is -0.0906. The molecule has 0 saturated carbocycles. The SMILES string of the molecule is COc1ccc([C@@]23Oc4cc(C)cc(C)c4[C@]2(O)c2nc(-c4ccccc4)[nH]c(=O)c2[C@H]3c2ccccc2)cc1. The molecule has 3 atom stereocenters. The minimum atomic E-state index is -1.76. The van der Waals surface area contributed by atoms with Crippen LogP contribution < -0.4 is 15.0 Å². The molecule has 0 bridgehead atoms. The fraction of sp³-hybridized carbons (Fsp3) is 0.176. The number of aryl methyl sites for hydroxylation is 2. The molecule has 1 aliphatic carbocycles. The maximum absolute atomic E-state index is 14.1. The smallest absolute Gasteiger partial charge is 0.255 e. The summed E-state index contributed by atoms with van der Waals surface area (Å²) < 4.78 is 12.5. The van der Waals surface area contributed by atoms with Gasteiger partial charge in [0, 0.05) is 16.7 Å². The second-order valence-electron chi connectivity index (χ2n) is 10.6. The van der Waals surface area contributed by atoms with Gasteiger partial charge in [0.2, 0.25) is 0 Å². The van der Waals surface area contributed by atoms with Crippen molar-refractivity contribution in [1.82, 2.24) is 9.97 Å². The lowest BCUT2D eigenvalue weighted by Crippen LogP contribution is -2.49. The van der Waals surface area contributed by atoms with Gasteiger partial charge in [0.25, 0.3) is 5.56 Å². The van der Waals surface area contributed by atoms with Crippen molar-refractivity contribution < 1.29 is 14.6 Å². The number of aliphatic hydroxyl groups is 1. The number of nitrogens with zero attached hydrogens (tertiary/aromatic N) is 1. The third-order valence-corrected chi connectivity index (χ3v) is 8.31. The second kappa shape index (κ2) is 8.66. The molecule has 0 saturated heterocycles. The first kappa shape index (κ1) is 24.4. The Labute approximate surface area is 231 Å². The van der Waals surface area contributed by atoms with Gasteiger partial charge in [0.1, 0.15) is 17.3 Å². The number of benzene rings is 4. The van der Waals surface area contributed by atoms with E-state index < -0.39 is 17.1 Å². The minimum absolute atomic E-state index is 0.302. The first-order valence-electron chi connectivity index (χ1n) is 13.3. The Balaban J connectivity index is 1.63. The summed E-state index contributed by atoms with van der Waals surface area (Å²) in [6.07, 6.45) is 0. The fourth-order valence-corrected chi connectivity index (χ4v) is 6.75. The summed E-state index contributed by atoms with van der Waals surface area (Å²) in [6.45, 7) is 3.98. The number of nitrogens with one attached hydrogen (secondary N) is 1. The molecule has 0 fully saturated rings. The van der Waals surface area contributed by atoms with Gasteiger partial charge in [-0.15, -0.1) is 0 Å². The number of fused-ring (bicyclic) bond motifs is 5. The average molecular weight is 529 g/mol. The van der Waals surface area contributed by atoms with Crippen molar-refractivity contribution in [3.8, 4) is 22.9 Å². The van der Waals surface area contributed by atoms with E-state index >= 15 is 0 Å². The van der Waals surface area contributed by atoms with E-state index in [0.717, 1.165) is 27.8 Å². The standard InChI is InChI=1S/C34H28N2O4/c1-20-18-21(2)28-26(19-20)40-34(24-14-16-25(39-3)17-15-24)29(22-10-6-4-7-11-22)27-30(33(28,34)38)35-31(36-32(27)37)23-12-8-5-9-13-23/h4-19,29,38H,1-3H3,(H,35,36,37)/t29-,33+,34+/m1/s1. The van der Waals surface area contributed by atoms with E-state index in [2.05, 4.69) is 4.98 Å². The van der Waals surface area contributed by atoms with Crippen molar-refractivity contribution in [2.45, 2.75) is 31.0 Å². The van der Waals surface area contributed by atoms with E-state index in [9.17, 15) is 9.90 Å². The van der Waals surface area contributed by atoms with E-state index in [4.69, 9.17) is 14.5 Å². The van der Waals surface area contributed by atoms with Crippen LogP contribution in [0, 0.1) is 13.8 Å². The molecule has 2 N–H and O–H groups in total. The minimum Gasteiger partial charge on any atom is -0.497 e. The number of rotatable bonds is 4. The zero-order valence-electron chi connectivity index (χ0n) is 22.4. The van der Waals surface area contributed by atoms with Crippen LogP contribution in [0.4, 0.5) is 0 Å². The molecule has 5 aromatic rings. The molecule has 40 heavy (non-hydrogen) atoms. The van der Waals surface area contributed by atoms with Crippen molar-refractivity contribution in [3.05, 3.63) is 146 Å². The van der Waals surface area contributed by atoms with E-state index in [0.29, 0.717) is 34.1 Å². The molecule has 2 aliphatic rings. The molecule has 0 unspecified atom stereocenters. The maximum atomic E-state index is 14.1. The molecule has 1 aromatic heterocycles. The quantitative estimate of drug-likeness (QED) is 0.311. The normalized spacial score (nSPS) is 22.2. The van der Waals surface area contributed by atoms with Crippen LogP contribution in [-0.2, 0) is 11.2 Å². The largest absolute Gasteiger partial charge is 0.497 e. The first-order valence-corrected chi connectivity index (χ1v) is 13.3. The third-order valence-electron chi connectivity index (χ3n) is 8.31. The predicted molar refractivity (Wildman–Crippen MR) is 153 cm³/mol. The molecule has 4 aromatic carbocycles. The van der Waals surface area contributed by atoms with Crippen molar-refractivity contribution in [2.24, 2.45) is 0 Å². The van der Waals surface area contributed by atoms with Crippen molar-refractivity contribution >= 4 is 0 Å². The maximum Gasteiger partial charge on any atom is 0.255 e. The van der Waals surface area contributed by atoms with Crippen LogP contribution in [0.2, 0.25) is 0 Å². The lowest BCUT2D eigenvalue weighted by atomic mass is 9.69. The summed E-state index contributed by atoms with van der Waals surface area (Å²) in [5.41, 5.74) is 2.08. The molecular weight excluding hydrogens is 500 g/mol. The highest BCUT2D eigenvalue weighted by Crippen LogP contribution is 2.68. The molecule has 7 rings (SSSR count). The number of H-pyrrole nitrogens is 1. The van der Waals surface area contributed by atoms with Gasteiger partial charge in [-0.2, -0.15) is 0 Å². The van der Waals surface area contributed by atoms with E-state index in [1.165, 1.54) is 0 Å². The Bertz CT molecular complexity index is 1820. The van der Waals surface area contributed by atoms with E-state index in [1.807, 2.05) is 111 Å². The lowest BCUT2D eigenvalue weighted by Gasteiger charge is -2.40. The molecular formula is C34H28N2O4. The summed E-state index contributed by atoms with van der Waals surface area (Å²) >= 11 is 0. The Kier molecular flexibility index (Phi) is 5.28. The number of hydrogen-bond donors (Lipinski definition) is 2. The molecule has 0 radical (unpaired) electrons. The highest BCUT2D eigenvalue weighted by molar-refractivity contribution is 5.67. The van der Waals surface area contributed by atoms with Crippen LogP contribution in [0.15, 0.2) is 102 Å². The Morgan fingerprint density at radius 1 is 0.925 bits per heavy atom. The zero-order chi connectivity index (χ0) is 27.6. The van der Waals surface area contributed by atoms with Gasteiger partial charge in [0.15, 0.2) is 11.2 Å². The third kappa shape index (κ3) is 3.14. The number of ether oxygens (including phenoxy) is 2. The highest BCUT2D eigenvalue weighted by Gasteiger charge is 2.73. The van der Waals surface area contributed by atoms with Gasteiger partial charge < -0.3 is 19.6 Å². The van der Waals surface area contributed by atoms with Crippen molar-refractivity contribution in [2.75, 3.05) is 7.11 Å². The van der Waals surface area contributed by atoms with Gasteiger partial charge >= 0.3 is 0 Å². The number of aromatic amines is 1.